The number of nitrogens with one attached hydrogen (secondary N) is 1. The van der Waals surface area contributed by atoms with Crippen LogP contribution in [0.5, 0.6) is 5.75 Å². The Bertz CT molecular complexity index is 360. The monoisotopic (exact) mass is 265 g/mol. The summed E-state index contributed by atoms with van der Waals surface area (Å²) >= 11 is 0. The molecule has 0 aliphatic heterocycles. The molecule has 0 amide bonds. The van der Waals surface area contributed by atoms with Gasteiger partial charge in [-0.2, -0.15) is 0 Å². The van der Waals surface area contributed by atoms with Crippen LogP contribution in [0.2, 0.25) is 0 Å². The van der Waals surface area contributed by atoms with Gasteiger partial charge in [0.2, 0.25) is 0 Å². The largest absolute Gasteiger partial charge is 0.497 e. The Morgan fingerprint density at radius 3 is 2.26 bits per heavy atom. The molecule has 108 valence electrons. The second-order valence-corrected chi connectivity index (χ2v) is 5.45. The molecule has 0 aliphatic carbocycles. The lowest BCUT2D eigenvalue weighted by Gasteiger charge is -2.29. The molecule has 1 N–H and O–H groups in total. The number of methoxy groups -OCH3 is 2. The van der Waals surface area contributed by atoms with Crippen LogP contribution in [0.4, 0.5) is 0 Å². The molecule has 0 heterocycles. The predicted molar refractivity (Wildman–Crippen MR) is 79.7 cm³/mol. The number of ether oxygens (including phenoxy) is 2. The topological polar surface area (TPSA) is 30.5 Å². The van der Waals surface area contributed by atoms with E-state index in [1.165, 1.54) is 5.56 Å². The summed E-state index contributed by atoms with van der Waals surface area (Å²) in [5.74, 6) is 0.893. The van der Waals surface area contributed by atoms with Crippen molar-refractivity contribution in [2.24, 2.45) is 0 Å². The maximum Gasteiger partial charge on any atom is 0.118 e. The third kappa shape index (κ3) is 5.21. The molecule has 19 heavy (non-hydrogen) atoms. The minimum Gasteiger partial charge on any atom is -0.497 e. The Labute approximate surface area is 117 Å². The van der Waals surface area contributed by atoms with E-state index in [4.69, 9.17) is 9.47 Å². The second-order valence-electron chi connectivity index (χ2n) is 5.45. The first-order valence-electron chi connectivity index (χ1n) is 6.95. The highest BCUT2D eigenvalue weighted by Gasteiger charge is 2.23. The Morgan fingerprint density at radius 1 is 1.16 bits per heavy atom. The highest BCUT2D eigenvalue weighted by atomic mass is 16.5. The second kappa shape index (κ2) is 7.51. The Kier molecular flexibility index (Phi) is 6.32. The maximum absolute atomic E-state index is 5.55. The molecule has 1 aromatic rings. The summed E-state index contributed by atoms with van der Waals surface area (Å²) in [6.45, 7) is 7.43. The van der Waals surface area contributed by atoms with Crippen LogP contribution in [-0.2, 0) is 4.74 Å². The molecule has 0 fully saturated rings. The quantitative estimate of drug-likeness (QED) is 0.779. The van der Waals surface area contributed by atoms with E-state index in [0.717, 1.165) is 25.1 Å². The predicted octanol–water partition coefficient (Wildman–Crippen LogP) is 3.55. The van der Waals surface area contributed by atoms with Crippen LogP contribution in [0.25, 0.3) is 0 Å². The molecule has 0 saturated carbocycles. The van der Waals surface area contributed by atoms with Gasteiger partial charge in [-0.3, -0.25) is 0 Å². The van der Waals surface area contributed by atoms with E-state index in [9.17, 15) is 0 Å². The van der Waals surface area contributed by atoms with Crippen LogP contribution in [0.3, 0.4) is 0 Å². The van der Waals surface area contributed by atoms with Gasteiger partial charge in [-0.1, -0.05) is 19.1 Å². The zero-order chi connectivity index (χ0) is 14.3. The van der Waals surface area contributed by atoms with Crippen LogP contribution in [0, 0.1) is 0 Å². The molecule has 0 saturated heterocycles. The van der Waals surface area contributed by atoms with E-state index in [0.29, 0.717) is 6.04 Å². The molecule has 0 bridgehead atoms. The third-order valence-corrected chi connectivity index (χ3v) is 3.41. The standard InChI is InChI=1S/C16H27NO2/c1-6-11-17-15(12-16(2,3)19-5)13-7-9-14(18-4)10-8-13/h7-10,15,17H,6,11-12H2,1-5H3. The summed E-state index contributed by atoms with van der Waals surface area (Å²) in [5, 5.41) is 3.59. The van der Waals surface area contributed by atoms with Crippen LogP contribution >= 0.6 is 0 Å². The SMILES string of the molecule is CCCNC(CC(C)(C)OC)c1ccc(OC)cc1. The molecule has 3 heteroatoms. The number of benzene rings is 1. The molecule has 3 nitrogen and oxygen atoms in total. The van der Waals surface area contributed by atoms with Crippen molar-refractivity contribution in [3.8, 4) is 5.75 Å². The smallest absolute Gasteiger partial charge is 0.118 e. The van der Waals surface area contributed by atoms with E-state index in [2.05, 4.69) is 38.2 Å². The van der Waals surface area contributed by atoms with Gasteiger partial charge in [0.05, 0.1) is 12.7 Å². The average Bonchev–Trinajstić information content (AvgIpc) is 2.43. The third-order valence-electron chi connectivity index (χ3n) is 3.41. The number of hydrogen-bond donors (Lipinski definition) is 1. The fraction of sp³-hybridized carbons (Fsp3) is 0.625. The van der Waals surface area contributed by atoms with Gasteiger partial charge in [0.1, 0.15) is 5.75 Å². The van der Waals surface area contributed by atoms with Crippen molar-refractivity contribution in [3.05, 3.63) is 29.8 Å². The van der Waals surface area contributed by atoms with Gasteiger partial charge in [-0.25, -0.2) is 0 Å². The fourth-order valence-electron chi connectivity index (χ4n) is 2.04. The van der Waals surface area contributed by atoms with Gasteiger partial charge < -0.3 is 14.8 Å². The molecule has 1 rings (SSSR count). The van der Waals surface area contributed by atoms with Crippen molar-refractivity contribution in [1.82, 2.24) is 5.32 Å². The van der Waals surface area contributed by atoms with Gasteiger partial charge in [0.25, 0.3) is 0 Å². The zero-order valence-corrected chi connectivity index (χ0v) is 12.8. The summed E-state index contributed by atoms with van der Waals surface area (Å²) < 4.78 is 10.8. The van der Waals surface area contributed by atoms with Gasteiger partial charge >= 0.3 is 0 Å². The van der Waals surface area contributed by atoms with Crippen LogP contribution in [0.1, 0.15) is 45.2 Å². The van der Waals surface area contributed by atoms with Crippen LogP contribution in [-0.4, -0.2) is 26.4 Å². The van der Waals surface area contributed by atoms with E-state index in [-0.39, 0.29) is 5.60 Å². The number of rotatable bonds is 8. The van der Waals surface area contributed by atoms with Crippen molar-refractivity contribution >= 4 is 0 Å². The number of hydrogen-bond acceptors (Lipinski definition) is 3. The van der Waals surface area contributed by atoms with Gasteiger partial charge in [-0.05, 0) is 50.9 Å². The van der Waals surface area contributed by atoms with Crippen molar-refractivity contribution in [1.29, 1.82) is 0 Å². The summed E-state index contributed by atoms with van der Waals surface area (Å²) in [6, 6.07) is 8.57. The fourth-order valence-corrected chi connectivity index (χ4v) is 2.04. The highest BCUT2D eigenvalue weighted by Crippen LogP contribution is 2.27. The summed E-state index contributed by atoms with van der Waals surface area (Å²) in [4.78, 5) is 0. The van der Waals surface area contributed by atoms with Crippen molar-refractivity contribution in [3.63, 3.8) is 0 Å². The van der Waals surface area contributed by atoms with Crippen molar-refractivity contribution in [2.45, 2.75) is 45.3 Å². The van der Waals surface area contributed by atoms with Gasteiger partial charge in [0.15, 0.2) is 0 Å². The molecule has 0 radical (unpaired) electrons. The van der Waals surface area contributed by atoms with Gasteiger partial charge in [-0.15, -0.1) is 0 Å². The Balaban J connectivity index is 2.82. The molecule has 0 aliphatic rings. The van der Waals surface area contributed by atoms with Gasteiger partial charge in [0, 0.05) is 13.2 Å². The zero-order valence-electron chi connectivity index (χ0n) is 12.8. The average molecular weight is 265 g/mol. The minimum atomic E-state index is -0.134. The minimum absolute atomic E-state index is 0.134. The van der Waals surface area contributed by atoms with Crippen LogP contribution < -0.4 is 10.1 Å². The first-order valence-corrected chi connectivity index (χ1v) is 6.95. The van der Waals surface area contributed by atoms with Crippen LogP contribution in [0.15, 0.2) is 24.3 Å². The molecular formula is C16H27NO2. The summed E-state index contributed by atoms with van der Waals surface area (Å²) in [7, 11) is 3.46. The lowest BCUT2D eigenvalue weighted by Crippen LogP contribution is -2.32. The van der Waals surface area contributed by atoms with E-state index < -0.39 is 0 Å². The Morgan fingerprint density at radius 2 is 1.79 bits per heavy atom. The summed E-state index contributed by atoms with van der Waals surface area (Å²) in [6.07, 6.45) is 2.07. The van der Waals surface area contributed by atoms with Crippen molar-refractivity contribution in [2.75, 3.05) is 20.8 Å². The lowest BCUT2D eigenvalue weighted by molar-refractivity contribution is 0.00685. The molecule has 1 aromatic carbocycles. The van der Waals surface area contributed by atoms with E-state index in [1.54, 1.807) is 14.2 Å². The highest BCUT2D eigenvalue weighted by molar-refractivity contribution is 5.29. The normalized spacial score (nSPS) is 13.3. The first kappa shape index (κ1) is 16.0. The van der Waals surface area contributed by atoms with E-state index in [1.807, 2.05) is 12.1 Å². The molecule has 0 aromatic heterocycles. The molecule has 1 atom stereocenters. The molecular weight excluding hydrogens is 238 g/mol. The van der Waals surface area contributed by atoms with E-state index >= 15 is 0 Å². The Hall–Kier alpha value is -1.06. The molecule has 0 spiro atoms. The summed E-state index contributed by atoms with van der Waals surface area (Å²) in [5.41, 5.74) is 1.14. The molecule has 1 unspecified atom stereocenters. The van der Waals surface area contributed by atoms with Crippen molar-refractivity contribution < 1.29 is 9.47 Å². The lowest BCUT2D eigenvalue weighted by atomic mass is 9.93. The maximum atomic E-state index is 5.55. The first-order chi connectivity index (χ1) is 9.02.